The number of nitrogens with zero attached hydrogens (tertiary/aromatic N) is 1. The fraction of sp³-hybridized carbons (Fsp3) is 0.600. The second-order valence-electron chi connectivity index (χ2n) is 8.36. The highest BCUT2D eigenvalue weighted by molar-refractivity contribution is 6.03. The van der Waals surface area contributed by atoms with Gasteiger partial charge in [-0.25, -0.2) is 0 Å². The van der Waals surface area contributed by atoms with Crippen LogP contribution in [0.2, 0.25) is 0 Å². The molecule has 3 fully saturated rings. The number of morpholine rings is 1. The highest BCUT2D eigenvalue weighted by Gasteiger charge is 2.63. The third-order valence-electron chi connectivity index (χ3n) is 5.19. The van der Waals surface area contributed by atoms with E-state index in [-0.39, 0.29) is 24.8 Å². The van der Waals surface area contributed by atoms with Gasteiger partial charge in [-0.3, -0.25) is 9.59 Å². The lowest BCUT2D eigenvalue weighted by Crippen LogP contribution is -2.71. The summed E-state index contributed by atoms with van der Waals surface area (Å²) in [4.78, 5) is 27.8. The summed E-state index contributed by atoms with van der Waals surface area (Å²) in [5.41, 5.74) is 0.560. The molecule has 0 aromatic heterocycles. The summed E-state index contributed by atoms with van der Waals surface area (Å²) in [6.45, 7) is 8.93. The Balaban J connectivity index is 1.69. The number of hydrogen-bond donors (Lipinski definition) is 0. The summed E-state index contributed by atoms with van der Waals surface area (Å²) in [6, 6.07) is 7.56. The number of ketones is 1. The summed E-state index contributed by atoms with van der Waals surface area (Å²) in [6.07, 6.45) is -1.26. The quantitative estimate of drug-likeness (QED) is 0.747. The molecule has 1 aromatic rings. The smallest absolute Gasteiger partial charge is 0.259 e. The molecule has 1 spiro atoms. The van der Waals surface area contributed by atoms with E-state index in [4.69, 9.17) is 18.9 Å². The predicted molar refractivity (Wildman–Crippen MR) is 96.2 cm³/mol. The second kappa shape index (κ2) is 5.85. The maximum atomic E-state index is 13.3. The Hall–Kier alpha value is -1.80. The highest BCUT2D eigenvalue weighted by Crippen LogP contribution is 2.41. The van der Waals surface area contributed by atoms with Crippen LogP contribution in [0.3, 0.4) is 0 Å². The SMILES string of the molecule is Cc1ccc(N2C[C@]3(OC[C@H]4OC(C)(C)O[C@H]4C3=O)OC(C)(C)C2=O)cc1. The van der Waals surface area contributed by atoms with E-state index in [9.17, 15) is 9.59 Å². The number of carbonyl (C=O) groups is 2. The highest BCUT2D eigenvalue weighted by atomic mass is 16.8. The average Bonchev–Trinajstić information content (AvgIpc) is 2.90. The lowest BCUT2D eigenvalue weighted by atomic mass is 9.93. The lowest BCUT2D eigenvalue weighted by molar-refractivity contribution is -0.285. The van der Waals surface area contributed by atoms with Crippen molar-refractivity contribution in [2.45, 2.75) is 64.0 Å². The summed E-state index contributed by atoms with van der Waals surface area (Å²) < 4.78 is 23.5. The van der Waals surface area contributed by atoms with Crippen molar-refractivity contribution in [2.75, 3.05) is 18.1 Å². The molecule has 0 saturated carbocycles. The molecule has 0 unspecified atom stereocenters. The lowest BCUT2D eigenvalue weighted by Gasteiger charge is -2.50. The number of anilines is 1. The molecule has 1 amide bonds. The van der Waals surface area contributed by atoms with Gasteiger partial charge in [0, 0.05) is 5.69 Å². The molecule has 3 saturated heterocycles. The summed E-state index contributed by atoms with van der Waals surface area (Å²) in [7, 11) is 0. The Morgan fingerprint density at radius 1 is 1.04 bits per heavy atom. The van der Waals surface area contributed by atoms with Crippen molar-refractivity contribution >= 4 is 17.4 Å². The van der Waals surface area contributed by atoms with Crippen molar-refractivity contribution in [3.63, 3.8) is 0 Å². The van der Waals surface area contributed by atoms with E-state index in [1.165, 1.54) is 0 Å². The van der Waals surface area contributed by atoms with Gasteiger partial charge in [0.25, 0.3) is 11.7 Å². The Labute approximate surface area is 158 Å². The first kappa shape index (κ1) is 18.6. The van der Waals surface area contributed by atoms with Crippen molar-refractivity contribution in [1.29, 1.82) is 0 Å². The molecule has 3 heterocycles. The van der Waals surface area contributed by atoms with E-state index >= 15 is 0 Å². The first-order valence-corrected chi connectivity index (χ1v) is 9.16. The number of ether oxygens (including phenoxy) is 4. The number of amides is 1. The second-order valence-corrected chi connectivity index (χ2v) is 8.36. The zero-order chi connectivity index (χ0) is 19.6. The van der Waals surface area contributed by atoms with Crippen LogP contribution in [0.25, 0.3) is 0 Å². The van der Waals surface area contributed by atoms with Crippen LogP contribution in [0.4, 0.5) is 5.69 Å². The molecule has 0 aliphatic carbocycles. The topological polar surface area (TPSA) is 74.3 Å². The minimum Gasteiger partial charge on any atom is -0.342 e. The fourth-order valence-electron chi connectivity index (χ4n) is 3.91. The van der Waals surface area contributed by atoms with E-state index < -0.39 is 29.4 Å². The van der Waals surface area contributed by atoms with Gasteiger partial charge in [0.2, 0.25) is 5.78 Å². The maximum Gasteiger partial charge on any atom is 0.259 e. The zero-order valence-electron chi connectivity index (χ0n) is 16.3. The molecule has 7 nitrogen and oxygen atoms in total. The average molecular weight is 375 g/mol. The minimum atomic E-state index is -1.58. The monoisotopic (exact) mass is 375 g/mol. The third kappa shape index (κ3) is 2.99. The summed E-state index contributed by atoms with van der Waals surface area (Å²) >= 11 is 0. The van der Waals surface area contributed by atoms with E-state index in [1.54, 1.807) is 32.6 Å². The van der Waals surface area contributed by atoms with Gasteiger partial charge in [-0.1, -0.05) is 17.7 Å². The molecule has 1 aromatic carbocycles. The van der Waals surface area contributed by atoms with Crippen molar-refractivity contribution in [2.24, 2.45) is 0 Å². The minimum absolute atomic E-state index is 0.0236. The van der Waals surface area contributed by atoms with Crippen LogP contribution in [0.15, 0.2) is 24.3 Å². The van der Waals surface area contributed by atoms with Gasteiger partial charge in [0.05, 0.1) is 13.2 Å². The van der Waals surface area contributed by atoms with Crippen molar-refractivity contribution in [1.82, 2.24) is 0 Å². The van der Waals surface area contributed by atoms with E-state index in [2.05, 4.69) is 0 Å². The van der Waals surface area contributed by atoms with Gasteiger partial charge in [-0.2, -0.15) is 0 Å². The maximum absolute atomic E-state index is 13.3. The molecule has 3 aliphatic heterocycles. The van der Waals surface area contributed by atoms with Gasteiger partial charge in [0.15, 0.2) is 11.9 Å². The largest absolute Gasteiger partial charge is 0.342 e. The van der Waals surface area contributed by atoms with Crippen molar-refractivity contribution in [3.8, 4) is 0 Å². The molecule has 4 rings (SSSR count). The van der Waals surface area contributed by atoms with Crippen LogP contribution in [0.1, 0.15) is 33.3 Å². The Bertz CT molecular complexity index is 786. The molecule has 0 radical (unpaired) electrons. The van der Waals surface area contributed by atoms with Gasteiger partial charge >= 0.3 is 0 Å². The van der Waals surface area contributed by atoms with Crippen LogP contribution < -0.4 is 4.90 Å². The van der Waals surface area contributed by atoms with Crippen LogP contribution in [0.5, 0.6) is 0 Å². The zero-order valence-corrected chi connectivity index (χ0v) is 16.3. The van der Waals surface area contributed by atoms with Gasteiger partial charge in [0.1, 0.15) is 11.7 Å². The number of rotatable bonds is 1. The third-order valence-corrected chi connectivity index (χ3v) is 5.19. The number of aryl methyl sites for hydroxylation is 1. The predicted octanol–water partition coefficient (Wildman–Crippen LogP) is 1.95. The summed E-state index contributed by atoms with van der Waals surface area (Å²) in [5.74, 6) is -3.01. The van der Waals surface area contributed by atoms with Crippen molar-refractivity contribution in [3.05, 3.63) is 29.8 Å². The fourth-order valence-corrected chi connectivity index (χ4v) is 3.91. The number of benzene rings is 1. The Morgan fingerprint density at radius 2 is 1.70 bits per heavy atom. The Kier molecular flexibility index (Phi) is 4.02. The molecule has 27 heavy (non-hydrogen) atoms. The first-order chi connectivity index (χ1) is 12.5. The molecule has 3 atom stereocenters. The van der Waals surface area contributed by atoms with Crippen LogP contribution in [-0.4, -0.2) is 54.2 Å². The number of carbonyl (C=O) groups excluding carboxylic acids is 2. The molecular formula is C20H25NO6. The molecule has 0 bridgehead atoms. The molecule has 146 valence electrons. The number of Topliss-reactive ketones (excluding diaryl/α,β-unsaturated/α-hetero) is 1. The Morgan fingerprint density at radius 3 is 2.37 bits per heavy atom. The van der Waals surface area contributed by atoms with Crippen LogP contribution >= 0.6 is 0 Å². The van der Waals surface area contributed by atoms with E-state index in [1.807, 2.05) is 31.2 Å². The molecule has 3 aliphatic rings. The molecular weight excluding hydrogens is 350 g/mol. The van der Waals surface area contributed by atoms with Gasteiger partial charge < -0.3 is 23.8 Å². The van der Waals surface area contributed by atoms with Gasteiger partial charge in [-0.15, -0.1) is 0 Å². The standard InChI is InChI=1S/C20H25NO6/c1-12-6-8-13(9-7-12)21-11-20(27-18(2,3)17(21)23)16(22)15-14(10-24-20)25-19(4,5)26-15/h6-9,14-15H,10-11H2,1-5H3/t14-,15-,20+/m1/s1. The van der Waals surface area contributed by atoms with Crippen LogP contribution in [-0.2, 0) is 28.5 Å². The summed E-state index contributed by atoms with van der Waals surface area (Å²) in [5, 5.41) is 0. The number of hydrogen-bond acceptors (Lipinski definition) is 6. The van der Waals surface area contributed by atoms with E-state index in [0.29, 0.717) is 5.69 Å². The first-order valence-electron chi connectivity index (χ1n) is 9.16. The normalized spacial score (nSPS) is 34.8. The van der Waals surface area contributed by atoms with Crippen molar-refractivity contribution < 1.29 is 28.5 Å². The van der Waals surface area contributed by atoms with Crippen LogP contribution in [0, 0.1) is 6.92 Å². The number of fused-ring (bicyclic) bond motifs is 1. The molecule has 0 N–H and O–H groups in total. The molecule has 7 heteroatoms. The van der Waals surface area contributed by atoms with Gasteiger partial charge in [-0.05, 0) is 46.8 Å². The van der Waals surface area contributed by atoms with E-state index in [0.717, 1.165) is 5.56 Å².